The Morgan fingerprint density at radius 1 is 1.05 bits per heavy atom. The fourth-order valence-corrected chi connectivity index (χ4v) is 4.87. The van der Waals surface area contributed by atoms with Crippen LogP contribution in [-0.2, 0) is 34.5 Å². The fraction of sp³-hybridized carbons (Fsp3) is 0.419. The number of carbonyl (C=O) groups is 2. The van der Waals surface area contributed by atoms with Gasteiger partial charge < -0.3 is 28.6 Å². The van der Waals surface area contributed by atoms with Crippen LogP contribution in [-0.4, -0.2) is 43.5 Å². The Morgan fingerprint density at radius 3 is 2.34 bits per heavy atom. The van der Waals surface area contributed by atoms with Gasteiger partial charge in [-0.1, -0.05) is 55.1 Å². The number of benzene rings is 2. The van der Waals surface area contributed by atoms with Crippen molar-refractivity contribution in [2.75, 3.05) is 19.8 Å². The van der Waals surface area contributed by atoms with Crippen LogP contribution in [0.25, 0.3) is 12.2 Å². The highest BCUT2D eigenvalue weighted by Crippen LogP contribution is 2.50. The molecule has 2 aromatic rings. The van der Waals surface area contributed by atoms with E-state index in [0.717, 1.165) is 11.1 Å². The van der Waals surface area contributed by atoms with E-state index in [1.165, 1.54) is 5.82 Å². The van der Waals surface area contributed by atoms with Crippen molar-refractivity contribution in [3.8, 4) is 5.75 Å². The summed E-state index contributed by atoms with van der Waals surface area (Å²) in [5.74, 6) is 1.46. The molecule has 0 aromatic heterocycles. The second-order valence-electron chi connectivity index (χ2n) is 10.0. The first-order valence-corrected chi connectivity index (χ1v) is 15.2. The van der Waals surface area contributed by atoms with E-state index in [2.05, 4.69) is 11.9 Å². The molecule has 0 saturated heterocycles. The molecule has 9 nitrogen and oxygen atoms in total. The van der Waals surface area contributed by atoms with Gasteiger partial charge in [-0.3, -0.25) is 9.36 Å². The predicted octanol–water partition coefficient (Wildman–Crippen LogP) is 7.36. The summed E-state index contributed by atoms with van der Waals surface area (Å²) >= 11 is 0. The van der Waals surface area contributed by atoms with E-state index in [1.54, 1.807) is 58.9 Å². The average molecular weight is 588 g/mol. The molecule has 0 aliphatic carbocycles. The first kappa shape index (κ1) is 33.8. The molecule has 0 radical (unpaired) electrons. The third-order valence-corrected chi connectivity index (χ3v) is 7.18. The molecule has 0 unspecified atom stereocenters. The van der Waals surface area contributed by atoms with E-state index < -0.39 is 31.3 Å². The van der Waals surface area contributed by atoms with E-state index in [0.29, 0.717) is 11.3 Å². The van der Waals surface area contributed by atoms with E-state index in [-0.39, 0.29) is 39.3 Å². The van der Waals surface area contributed by atoms with Gasteiger partial charge in [-0.05, 0) is 64.3 Å². The molecule has 1 atom stereocenters. The minimum Gasteiger partial charge on any atom is -0.491 e. The van der Waals surface area contributed by atoms with Crippen molar-refractivity contribution in [2.24, 2.45) is 0 Å². The molecule has 0 fully saturated rings. The number of hydrogen-bond acceptors (Lipinski definition) is 8. The van der Waals surface area contributed by atoms with Crippen LogP contribution in [0.2, 0.25) is 0 Å². The first-order valence-electron chi connectivity index (χ1n) is 13.6. The predicted molar refractivity (Wildman–Crippen MR) is 161 cm³/mol. The lowest BCUT2D eigenvalue weighted by atomic mass is 10.1. The van der Waals surface area contributed by atoms with E-state index in [9.17, 15) is 14.2 Å². The van der Waals surface area contributed by atoms with Gasteiger partial charge in [-0.15, -0.1) is 0 Å². The summed E-state index contributed by atoms with van der Waals surface area (Å²) in [4.78, 5) is 25.0. The largest absolute Gasteiger partial charge is 0.491 e. The van der Waals surface area contributed by atoms with Crippen LogP contribution < -0.4 is 10.1 Å². The summed E-state index contributed by atoms with van der Waals surface area (Å²) in [6, 6.07) is 14.2. The summed E-state index contributed by atoms with van der Waals surface area (Å²) in [6.45, 7) is 13.2. The number of amides is 1. The minimum absolute atomic E-state index is 0.0290. The van der Waals surface area contributed by atoms with E-state index >= 15 is 0 Å². The van der Waals surface area contributed by atoms with E-state index in [1.807, 2.05) is 36.4 Å². The molecule has 2 aromatic carbocycles. The van der Waals surface area contributed by atoms with Gasteiger partial charge in [0.05, 0.1) is 19.3 Å². The van der Waals surface area contributed by atoms with Crippen molar-refractivity contribution in [3.63, 3.8) is 0 Å². The van der Waals surface area contributed by atoms with Gasteiger partial charge in [-0.2, -0.15) is 0 Å². The number of ether oxygens (including phenoxy) is 3. The Bertz CT molecular complexity index is 1200. The maximum Gasteiger partial charge on any atom is 0.407 e. The van der Waals surface area contributed by atoms with E-state index in [4.69, 9.17) is 23.3 Å². The zero-order valence-electron chi connectivity index (χ0n) is 24.6. The zero-order chi connectivity index (χ0) is 30.3. The maximum atomic E-state index is 12.9. The summed E-state index contributed by atoms with van der Waals surface area (Å²) in [7, 11) is -3.43. The van der Waals surface area contributed by atoms with Crippen LogP contribution in [0.15, 0.2) is 60.9 Å². The Balaban J connectivity index is 2.17. The van der Waals surface area contributed by atoms with Crippen molar-refractivity contribution in [3.05, 3.63) is 77.6 Å². The molecule has 0 saturated carbocycles. The standard InChI is InChI=1S/C31H42NO8P/c1-7-24-15-16-26(19-20-41(35,38-8-2)39-9-3)28(21-24)36-23-27(32-30(34)40-31(4,5)6)17-18-29(33)37-22-25-13-11-10-12-14-25/h7,10-16,19-21,27H,1,8-9,17-18,22-23H2,2-6H3,(H,32,34)/b20-19+/t27-/m0/s1. The third-order valence-electron chi connectivity index (χ3n) is 5.43. The lowest BCUT2D eigenvalue weighted by Crippen LogP contribution is -2.42. The molecule has 0 heterocycles. The van der Waals surface area contributed by atoms with Gasteiger partial charge in [0.25, 0.3) is 0 Å². The molecule has 0 spiro atoms. The first-order chi connectivity index (χ1) is 19.5. The van der Waals surface area contributed by atoms with Gasteiger partial charge in [0.2, 0.25) is 0 Å². The Kier molecular flexibility index (Phi) is 13.8. The molecule has 10 heteroatoms. The molecule has 224 valence electrons. The highest BCUT2D eigenvalue weighted by molar-refractivity contribution is 7.57. The monoisotopic (exact) mass is 587 g/mol. The quantitative estimate of drug-likeness (QED) is 0.160. The molecule has 41 heavy (non-hydrogen) atoms. The highest BCUT2D eigenvalue weighted by Gasteiger charge is 2.22. The van der Waals surface area contributed by atoms with Crippen LogP contribution in [0.4, 0.5) is 4.79 Å². The van der Waals surface area contributed by atoms with Crippen molar-refractivity contribution in [1.29, 1.82) is 0 Å². The zero-order valence-corrected chi connectivity index (χ0v) is 25.5. The average Bonchev–Trinajstić information content (AvgIpc) is 2.92. The fourth-order valence-electron chi connectivity index (χ4n) is 3.56. The van der Waals surface area contributed by atoms with Gasteiger partial charge in [0, 0.05) is 17.8 Å². The topological polar surface area (TPSA) is 109 Å². The van der Waals surface area contributed by atoms with Crippen LogP contribution in [0.3, 0.4) is 0 Å². The van der Waals surface area contributed by atoms with Crippen molar-refractivity contribution in [1.82, 2.24) is 5.32 Å². The van der Waals surface area contributed by atoms with Crippen molar-refractivity contribution >= 4 is 31.8 Å². The van der Waals surface area contributed by atoms with Gasteiger partial charge in [0.1, 0.15) is 24.6 Å². The summed E-state index contributed by atoms with van der Waals surface area (Å²) < 4.78 is 40.5. The summed E-state index contributed by atoms with van der Waals surface area (Å²) in [5, 5.41) is 2.79. The molecule has 0 bridgehead atoms. The molecular weight excluding hydrogens is 545 g/mol. The number of hydrogen-bond donors (Lipinski definition) is 1. The number of rotatable bonds is 16. The molecule has 2 rings (SSSR count). The molecule has 1 N–H and O–H groups in total. The van der Waals surface area contributed by atoms with Crippen LogP contribution in [0.1, 0.15) is 64.2 Å². The summed E-state index contributed by atoms with van der Waals surface area (Å²) in [6.07, 6.45) is 2.97. The van der Waals surface area contributed by atoms with Crippen LogP contribution in [0, 0.1) is 0 Å². The van der Waals surface area contributed by atoms with Crippen molar-refractivity contribution < 1.29 is 37.4 Å². The summed E-state index contributed by atoms with van der Waals surface area (Å²) in [5.41, 5.74) is 1.60. The number of esters is 1. The smallest absolute Gasteiger partial charge is 0.407 e. The highest BCUT2D eigenvalue weighted by atomic mass is 31.2. The SMILES string of the molecule is C=Cc1ccc(/C=C/P(=O)(OCC)OCC)c(OC[C@H](CCC(=O)OCc2ccccc2)NC(=O)OC(C)(C)C)c1. The Morgan fingerprint density at radius 2 is 1.73 bits per heavy atom. The minimum atomic E-state index is -3.43. The Labute approximate surface area is 243 Å². The van der Waals surface area contributed by atoms with Crippen LogP contribution >= 0.6 is 7.60 Å². The second kappa shape index (κ2) is 16.8. The maximum absolute atomic E-state index is 12.9. The number of carbonyl (C=O) groups excluding carboxylic acids is 2. The lowest BCUT2D eigenvalue weighted by molar-refractivity contribution is -0.145. The van der Waals surface area contributed by atoms with Gasteiger partial charge >= 0.3 is 19.7 Å². The molecule has 0 aliphatic heterocycles. The van der Waals surface area contributed by atoms with Gasteiger partial charge in [-0.25, -0.2) is 4.79 Å². The number of nitrogens with one attached hydrogen (secondary N) is 1. The second-order valence-corrected chi connectivity index (χ2v) is 11.9. The van der Waals surface area contributed by atoms with Crippen LogP contribution in [0.5, 0.6) is 5.75 Å². The third kappa shape index (κ3) is 13.2. The normalized spacial score (nSPS) is 12.5. The number of alkyl carbamates (subject to hydrolysis) is 1. The molecule has 0 aliphatic rings. The molecular formula is C31H42NO8P. The Hall–Kier alpha value is -3.39. The van der Waals surface area contributed by atoms with Gasteiger partial charge in [0.15, 0.2) is 0 Å². The lowest BCUT2D eigenvalue weighted by Gasteiger charge is -2.24. The van der Waals surface area contributed by atoms with Crippen molar-refractivity contribution in [2.45, 2.75) is 65.7 Å². The molecule has 1 amide bonds.